The zero-order valence-electron chi connectivity index (χ0n) is 15.3. The first-order valence-electron chi connectivity index (χ1n) is 8.39. The van der Waals surface area contributed by atoms with Gasteiger partial charge in [0.05, 0.1) is 18.0 Å². The first-order valence-corrected chi connectivity index (χ1v) is 9.65. The molecule has 0 aliphatic heterocycles. The number of thioether (sulfide) groups is 1. The van der Waals surface area contributed by atoms with Crippen LogP contribution >= 0.6 is 23.4 Å². The highest BCUT2D eigenvalue weighted by Gasteiger charge is 2.19. The Hall–Kier alpha value is -2.44. The molecule has 3 aromatic rings. The van der Waals surface area contributed by atoms with Gasteiger partial charge in [-0.2, -0.15) is 0 Å². The van der Waals surface area contributed by atoms with Gasteiger partial charge in [-0.15, -0.1) is 0 Å². The van der Waals surface area contributed by atoms with Gasteiger partial charge >= 0.3 is 0 Å². The summed E-state index contributed by atoms with van der Waals surface area (Å²) in [5.74, 6) is 0.517. The molecule has 0 saturated carbocycles. The number of carbonyl (C=O) groups excluding carboxylic acids is 1. The fourth-order valence-corrected chi connectivity index (χ4v) is 3.55. The monoisotopic (exact) mass is 401 g/mol. The molecule has 0 saturated heterocycles. The number of hydrogen-bond acceptors (Lipinski definition) is 4. The van der Waals surface area contributed by atoms with Crippen molar-refractivity contribution in [2.45, 2.75) is 24.3 Å². The van der Waals surface area contributed by atoms with E-state index in [0.29, 0.717) is 16.5 Å². The Morgan fingerprint density at radius 2 is 2.00 bits per heavy atom. The van der Waals surface area contributed by atoms with Crippen molar-refractivity contribution >= 4 is 35.0 Å². The molecule has 27 heavy (non-hydrogen) atoms. The van der Waals surface area contributed by atoms with Gasteiger partial charge in [0.25, 0.3) is 0 Å². The largest absolute Gasteiger partial charge is 0.495 e. The molecule has 1 aromatic heterocycles. The van der Waals surface area contributed by atoms with Crippen LogP contribution in [0.5, 0.6) is 5.75 Å². The van der Waals surface area contributed by atoms with Crippen LogP contribution in [-0.2, 0) is 4.79 Å². The standard InChI is InChI=1S/C20H20ClN3O2S/c1-13-4-9-18(26-3)17(12-13)23-19(25)14(2)27-20-22-10-11-24(20)16-7-5-15(21)6-8-16/h4-12,14H,1-3H3,(H,23,25)/t14-/m0/s1. The van der Waals surface area contributed by atoms with Crippen molar-refractivity contribution in [2.24, 2.45) is 0 Å². The van der Waals surface area contributed by atoms with Gasteiger partial charge in [0, 0.05) is 23.1 Å². The van der Waals surface area contributed by atoms with Crippen molar-refractivity contribution in [3.63, 3.8) is 0 Å². The smallest absolute Gasteiger partial charge is 0.237 e. The maximum atomic E-state index is 12.7. The second-order valence-corrected chi connectivity index (χ2v) is 7.75. The molecule has 7 heteroatoms. The molecule has 0 aliphatic carbocycles. The van der Waals surface area contributed by atoms with Crippen molar-refractivity contribution in [2.75, 3.05) is 12.4 Å². The molecule has 1 atom stereocenters. The van der Waals surface area contributed by atoms with Gasteiger partial charge in [0.1, 0.15) is 5.75 Å². The summed E-state index contributed by atoms with van der Waals surface area (Å²) in [5, 5.41) is 4.00. The van der Waals surface area contributed by atoms with Crippen LogP contribution in [0.3, 0.4) is 0 Å². The average Bonchev–Trinajstić information content (AvgIpc) is 3.10. The number of rotatable bonds is 6. The molecule has 0 bridgehead atoms. The lowest BCUT2D eigenvalue weighted by atomic mass is 10.2. The molecule has 5 nitrogen and oxygen atoms in total. The Morgan fingerprint density at radius 3 is 2.70 bits per heavy atom. The summed E-state index contributed by atoms with van der Waals surface area (Å²) in [5.41, 5.74) is 2.65. The van der Waals surface area contributed by atoms with Crippen molar-refractivity contribution in [3.8, 4) is 11.4 Å². The van der Waals surface area contributed by atoms with Gasteiger partial charge in [-0.25, -0.2) is 4.98 Å². The van der Waals surface area contributed by atoms with E-state index in [2.05, 4.69) is 10.3 Å². The van der Waals surface area contributed by atoms with Crippen LogP contribution in [0.2, 0.25) is 5.02 Å². The number of aromatic nitrogens is 2. The van der Waals surface area contributed by atoms with Crippen LogP contribution in [0.25, 0.3) is 5.69 Å². The molecule has 0 fully saturated rings. The Morgan fingerprint density at radius 1 is 1.26 bits per heavy atom. The van der Waals surface area contributed by atoms with Gasteiger partial charge in [-0.05, 0) is 55.8 Å². The molecule has 0 spiro atoms. The van der Waals surface area contributed by atoms with Crippen molar-refractivity contribution in [1.29, 1.82) is 0 Å². The quantitative estimate of drug-likeness (QED) is 0.593. The number of hydrogen-bond donors (Lipinski definition) is 1. The minimum atomic E-state index is -0.344. The van der Waals surface area contributed by atoms with E-state index in [1.165, 1.54) is 11.8 Å². The molecule has 0 aliphatic rings. The van der Waals surface area contributed by atoms with Gasteiger partial charge in [-0.3, -0.25) is 9.36 Å². The number of aryl methyl sites for hydroxylation is 1. The van der Waals surface area contributed by atoms with Crippen molar-refractivity contribution in [1.82, 2.24) is 9.55 Å². The predicted octanol–water partition coefficient (Wildman–Crippen LogP) is 4.96. The second-order valence-electron chi connectivity index (χ2n) is 6.01. The Bertz CT molecular complexity index is 941. The van der Waals surface area contributed by atoms with Gasteiger partial charge < -0.3 is 10.1 Å². The lowest BCUT2D eigenvalue weighted by molar-refractivity contribution is -0.115. The number of carbonyl (C=O) groups is 1. The van der Waals surface area contributed by atoms with Crippen LogP contribution in [0, 0.1) is 6.92 Å². The molecule has 2 aromatic carbocycles. The number of ether oxygens (including phenoxy) is 1. The van der Waals surface area contributed by atoms with E-state index in [1.807, 2.05) is 67.1 Å². The van der Waals surface area contributed by atoms with E-state index in [-0.39, 0.29) is 11.2 Å². The average molecular weight is 402 g/mol. The molecule has 1 N–H and O–H groups in total. The van der Waals surface area contributed by atoms with Crippen LogP contribution in [0.15, 0.2) is 60.0 Å². The van der Waals surface area contributed by atoms with E-state index in [4.69, 9.17) is 16.3 Å². The van der Waals surface area contributed by atoms with E-state index in [1.54, 1.807) is 13.3 Å². The van der Waals surface area contributed by atoms with Gasteiger partial charge in [0.15, 0.2) is 5.16 Å². The van der Waals surface area contributed by atoms with E-state index >= 15 is 0 Å². The summed E-state index contributed by atoms with van der Waals surface area (Å²) in [6.45, 7) is 3.82. The van der Waals surface area contributed by atoms with Crippen molar-refractivity contribution < 1.29 is 9.53 Å². The molecular formula is C20H20ClN3O2S. The number of amides is 1. The molecule has 0 radical (unpaired) electrons. The molecule has 1 heterocycles. The van der Waals surface area contributed by atoms with Crippen molar-refractivity contribution in [3.05, 3.63) is 65.4 Å². The number of nitrogens with one attached hydrogen (secondary N) is 1. The summed E-state index contributed by atoms with van der Waals surface area (Å²) in [7, 11) is 1.58. The highest BCUT2D eigenvalue weighted by molar-refractivity contribution is 8.00. The Kier molecular flexibility index (Phi) is 6.08. The summed E-state index contributed by atoms with van der Waals surface area (Å²) < 4.78 is 7.25. The summed E-state index contributed by atoms with van der Waals surface area (Å²) >= 11 is 7.35. The number of anilines is 1. The summed E-state index contributed by atoms with van der Waals surface area (Å²) in [4.78, 5) is 17.0. The van der Waals surface area contributed by atoms with Crippen LogP contribution in [-0.4, -0.2) is 27.8 Å². The normalized spacial score (nSPS) is 11.9. The van der Waals surface area contributed by atoms with Gasteiger partial charge in [-0.1, -0.05) is 29.4 Å². The highest BCUT2D eigenvalue weighted by Crippen LogP contribution is 2.29. The van der Waals surface area contributed by atoms with E-state index in [0.717, 1.165) is 16.4 Å². The van der Waals surface area contributed by atoms with Crippen LogP contribution in [0.1, 0.15) is 12.5 Å². The fourth-order valence-electron chi connectivity index (χ4n) is 2.54. The van der Waals surface area contributed by atoms with Crippen LogP contribution in [0.4, 0.5) is 5.69 Å². The van der Waals surface area contributed by atoms with E-state index in [9.17, 15) is 4.79 Å². The molecular weight excluding hydrogens is 382 g/mol. The minimum absolute atomic E-state index is 0.116. The van der Waals surface area contributed by atoms with E-state index < -0.39 is 0 Å². The molecule has 140 valence electrons. The third-order valence-corrected chi connectivity index (χ3v) is 5.31. The Balaban J connectivity index is 1.74. The predicted molar refractivity (Wildman–Crippen MR) is 110 cm³/mol. The number of nitrogens with zero attached hydrogens (tertiary/aromatic N) is 2. The second kappa shape index (κ2) is 8.50. The molecule has 1 amide bonds. The molecule has 0 unspecified atom stereocenters. The number of benzene rings is 2. The first kappa shape index (κ1) is 19.3. The zero-order chi connectivity index (χ0) is 19.4. The lowest BCUT2D eigenvalue weighted by Gasteiger charge is -2.15. The lowest BCUT2D eigenvalue weighted by Crippen LogP contribution is -2.23. The third kappa shape index (κ3) is 4.64. The number of imidazole rings is 1. The maximum absolute atomic E-state index is 12.7. The third-order valence-electron chi connectivity index (χ3n) is 3.98. The first-order chi connectivity index (χ1) is 13.0. The van der Waals surface area contributed by atoms with Gasteiger partial charge in [0.2, 0.25) is 5.91 Å². The maximum Gasteiger partial charge on any atom is 0.237 e. The number of methoxy groups -OCH3 is 1. The Labute approximate surface area is 167 Å². The highest BCUT2D eigenvalue weighted by atomic mass is 35.5. The summed E-state index contributed by atoms with van der Waals surface area (Å²) in [6, 6.07) is 13.2. The minimum Gasteiger partial charge on any atom is -0.495 e. The SMILES string of the molecule is COc1ccc(C)cc1NC(=O)[C@H](C)Sc1nccn1-c1ccc(Cl)cc1. The fraction of sp³-hybridized carbons (Fsp3) is 0.200. The zero-order valence-corrected chi connectivity index (χ0v) is 16.8. The number of halogens is 1. The topological polar surface area (TPSA) is 56.1 Å². The summed E-state index contributed by atoms with van der Waals surface area (Å²) in [6.07, 6.45) is 3.57. The molecule has 3 rings (SSSR count). The van der Waals surface area contributed by atoms with Crippen LogP contribution < -0.4 is 10.1 Å².